The van der Waals surface area contributed by atoms with Crippen LogP contribution in [0, 0.1) is 6.92 Å². The van der Waals surface area contributed by atoms with E-state index in [1.54, 1.807) is 6.92 Å². The Labute approximate surface area is 249 Å². The van der Waals surface area contributed by atoms with Crippen molar-refractivity contribution in [2.24, 2.45) is 4.99 Å². The molecule has 1 aliphatic heterocycles. The fourth-order valence-electron chi connectivity index (χ4n) is 3.64. The average Bonchev–Trinajstić information content (AvgIpc) is 3.31. The Hall–Kier alpha value is -4.93. The Kier molecular flexibility index (Phi) is 9.87. The van der Waals surface area contributed by atoms with Gasteiger partial charge in [-0.15, -0.1) is 13.2 Å². The lowest BCUT2D eigenvalue weighted by atomic mass is 10.2. The number of hydrogen-bond donors (Lipinski definition) is 3. The summed E-state index contributed by atoms with van der Waals surface area (Å²) < 4.78 is 84.4. The largest absolute Gasteiger partial charge is 0.573 e. The van der Waals surface area contributed by atoms with Crippen LogP contribution in [0.4, 0.5) is 48.2 Å². The molecule has 0 bridgehead atoms. The maximum atomic E-state index is 13.6. The number of nitrogens with one attached hydrogen (secondary N) is 3. The number of hydrogen-bond acceptors (Lipinski definition) is 7. The molecule has 10 nitrogen and oxygen atoms in total. The molecule has 1 fully saturated rings. The monoisotopic (exact) mass is 641 g/mol. The maximum Gasteiger partial charge on any atom is 0.573 e. The molecular weight excluding hydrogens is 620 g/mol. The van der Waals surface area contributed by atoms with Crippen molar-refractivity contribution in [2.75, 3.05) is 21.4 Å². The topological polar surface area (TPSA) is 121 Å². The lowest BCUT2D eigenvalue weighted by molar-refractivity contribution is -0.274. The van der Waals surface area contributed by atoms with E-state index in [4.69, 9.17) is 4.74 Å². The summed E-state index contributed by atoms with van der Waals surface area (Å²) in [6.45, 7) is 1.66. The number of rotatable bonds is 9. The minimum absolute atomic E-state index is 0.0511. The zero-order valence-corrected chi connectivity index (χ0v) is 23.1. The maximum absolute atomic E-state index is 13.6. The number of hydrazine groups is 1. The Bertz CT molecular complexity index is 1550. The second-order valence-electron chi connectivity index (χ2n) is 8.85. The van der Waals surface area contributed by atoms with Crippen molar-refractivity contribution in [3.63, 3.8) is 0 Å². The molecule has 232 valence electrons. The van der Waals surface area contributed by atoms with Crippen molar-refractivity contribution in [1.29, 1.82) is 0 Å². The molecule has 4 amide bonds. The van der Waals surface area contributed by atoms with Crippen LogP contribution < -0.4 is 30.5 Å². The number of amidine groups is 1. The second-order valence-corrected chi connectivity index (χ2v) is 9.79. The summed E-state index contributed by atoms with van der Waals surface area (Å²) in [5.41, 5.74) is 6.22. The highest BCUT2D eigenvalue weighted by molar-refractivity contribution is 8.15. The van der Waals surface area contributed by atoms with Crippen molar-refractivity contribution in [3.8, 4) is 11.5 Å². The Balaban J connectivity index is 1.37. The lowest BCUT2D eigenvalue weighted by Gasteiger charge is -2.21. The molecule has 44 heavy (non-hydrogen) atoms. The van der Waals surface area contributed by atoms with E-state index < -0.39 is 42.7 Å². The summed E-state index contributed by atoms with van der Waals surface area (Å²) in [5.74, 6) is -2.12. The molecule has 1 heterocycles. The number of aliphatic imine (C=N–C) groups is 1. The number of thioether (sulfide) groups is 1. The van der Waals surface area contributed by atoms with Gasteiger partial charge < -0.3 is 14.8 Å². The molecule has 4 rings (SSSR count). The number of halogens is 6. The van der Waals surface area contributed by atoms with Crippen LogP contribution in [0.25, 0.3) is 0 Å². The van der Waals surface area contributed by atoms with Gasteiger partial charge in [-0.3, -0.25) is 25.3 Å². The van der Waals surface area contributed by atoms with Gasteiger partial charge in [0.2, 0.25) is 5.91 Å². The predicted molar refractivity (Wildman–Crippen MR) is 150 cm³/mol. The van der Waals surface area contributed by atoms with Crippen molar-refractivity contribution in [3.05, 3.63) is 77.9 Å². The van der Waals surface area contributed by atoms with Gasteiger partial charge in [-0.1, -0.05) is 17.8 Å². The molecule has 0 saturated carbocycles. The van der Waals surface area contributed by atoms with Crippen LogP contribution in [0.2, 0.25) is 0 Å². The van der Waals surface area contributed by atoms with Gasteiger partial charge in [0, 0.05) is 11.3 Å². The fourth-order valence-corrected chi connectivity index (χ4v) is 4.50. The third-order valence-electron chi connectivity index (χ3n) is 5.56. The first-order valence-corrected chi connectivity index (χ1v) is 13.3. The zero-order chi connectivity index (χ0) is 32.0. The number of urea groups is 1. The number of carbonyl (C=O) groups excluding carboxylic acids is 3. The van der Waals surface area contributed by atoms with E-state index in [0.717, 1.165) is 40.9 Å². The molecule has 1 saturated heterocycles. The van der Waals surface area contributed by atoms with Crippen molar-refractivity contribution in [1.82, 2.24) is 5.43 Å². The smallest absolute Gasteiger partial charge is 0.452 e. The summed E-state index contributed by atoms with van der Waals surface area (Å²) in [7, 11) is 0. The molecule has 3 aromatic carbocycles. The minimum Gasteiger partial charge on any atom is -0.452 e. The van der Waals surface area contributed by atoms with Gasteiger partial charge in [0.15, 0.2) is 5.17 Å². The molecule has 3 aromatic rings. The molecule has 0 aliphatic carbocycles. The van der Waals surface area contributed by atoms with Gasteiger partial charge in [-0.2, -0.15) is 9.38 Å². The van der Waals surface area contributed by atoms with Crippen LogP contribution in [-0.2, 0) is 4.79 Å². The second kappa shape index (κ2) is 13.6. The van der Waals surface area contributed by atoms with E-state index in [1.165, 1.54) is 42.5 Å². The fraction of sp³-hybridized carbons (Fsp3) is 0.185. The number of amides is 4. The highest BCUT2D eigenvalue weighted by Crippen LogP contribution is 2.36. The summed E-state index contributed by atoms with van der Waals surface area (Å²) in [6.07, 6.45) is -11.2. The quantitative estimate of drug-likeness (QED) is 0.186. The summed E-state index contributed by atoms with van der Waals surface area (Å²) in [6, 6.07) is 13.4. The molecule has 1 atom stereocenters. The number of anilines is 3. The van der Waals surface area contributed by atoms with Gasteiger partial charge in [0.1, 0.15) is 11.5 Å². The number of aryl methyl sites for hydroxylation is 1. The Morgan fingerprint density at radius 3 is 2.27 bits per heavy atom. The van der Waals surface area contributed by atoms with Gasteiger partial charge in [-0.25, -0.2) is 13.6 Å². The van der Waals surface area contributed by atoms with Crippen molar-refractivity contribution >= 4 is 51.8 Å². The number of alkyl halides is 6. The van der Waals surface area contributed by atoms with Crippen LogP contribution in [0.5, 0.6) is 11.5 Å². The lowest BCUT2D eigenvalue weighted by Crippen LogP contribution is -2.31. The van der Waals surface area contributed by atoms with E-state index in [2.05, 4.69) is 25.9 Å². The summed E-state index contributed by atoms with van der Waals surface area (Å²) in [4.78, 5) is 42.4. The van der Waals surface area contributed by atoms with Gasteiger partial charge >= 0.3 is 18.8 Å². The number of carbonyl (C=O) groups is 3. The molecule has 3 N–H and O–H groups in total. The Morgan fingerprint density at radius 2 is 1.64 bits per heavy atom. The number of ether oxygens (including phenoxy) is 2. The normalized spacial score (nSPS) is 14.9. The van der Waals surface area contributed by atoms with Crippen molar-refractivity contribution in [2.45, 2.75) is 26.1 Å². The first kappa shape index (κ1) is 32.0. The molecule has 1 unspecified atom stereocenters. The third kappa shape index (κ3) is 8.56. The predicted octanol–water partition coefficient (Wildman–Crippen LogP) is 6.26. The molecule has 0 spiro atoms. The van der Waals surface area contributed by atoms with Crippen LogP contribution in [-0.4, -0.2) is 47.9 Å². The standard InChI is InChI=1S/C27H21F6N5O5S/c1-14-2-11-20(42-23(30)22(28)29)19(12-14)38-21(39)13-44-26(38)35-25(41)34-16-5-7-17(8-6-16)36-37-24(40)15-3-9-18(10-4-15)43-27(31,32)33/h2-12,22-23,36H,13H2,1H3,(H,34,41)(H,37,40)/b35-26-. The third-order valence-corrected chi connectivity index (χ3v) is 6.49. The van der Waals surface area contributed by atoms with E-state index in [1.807, 2.05) is 0 Å². The first-order valence-electron chi connectivity index (χ1n) is 12.4. The van der Waals surface area contributed by atoms with Gasteiger partial charge in [-0.05, 0) is 73.2 Å². The molecule has 0 aromatic heterocycles. The average molecular weight is 642 g/mol. The summed E-state index contributed by atoms with van der Waals surface area (Å²) >= 11 is 0.906. The van der Waals surface area contributed by atoms with E-state index in [-0.39, 0.29) is 33.6 Å². The molecule has 0 radical (unpaired) electrons. The number of nitrogens with zero attached hydrogens (tertiary/aromatic N) is 2. The van der Waals surface area contributed by atoms with Crippen LogP contribution in [0.15, 0.2) is 71.7 Å². The van der Waals surface area contributed by atoms with Gasteiger partial charge in [0.05, 0.1) is 17.1 Å². The van der Waals surface area contributed by atoms with E-state index in [9.17, 15) is 40.7 Å². The van der Waals surface area contributed by atoms with E-state index >= 15 is 0 Å². The van der Waals surface area contributed by atoms with E-state index in [0.29, 0.717) is 11.3 Å². The molecular formula is C27H21F6N5O5S. The Morgan fingerprint density at radius 1 is 0.977 bits per heavy atom. The van der Waals surface area contributed by atoms with Crippen LogP contribution in [0.3, 0.4) is 0 Å². The summed E-state index contributed by atoms with van der Waals surface area (Å²) in [5, 5.41) is 2.40. The van der Waals surface area contributed by atoms with Gasteiger partial charge in [0.25, 0.3) is 12.3 Å². The number of benzene rings is 3. The zero-order valence-electron chi connectivity index (χ0n) is 22.3. The SMILES string of the molecule is Cc1ccc(OC(F)C(F)F)c(N2C(=O)CS/C2=N\C(=O)Nc2ccc(NNC(=O)c3ccc(OC(F)(F)F)cc3)cc2)c1. The first-order chi connectivity index (χ1) is 20.8. The van der Waals surface area contributed by atoms with Crippen LogP contribution >= 0.6 is 11.8 Å². The minimum atomic E-state index is -4.86. The highest BCUT2D eigenvalue weighted by Gasteiger charge is 2.34. The van der Waals surface area contributed by atoms with Crippen molar-refractivity contribution < 1.29 is 50.2 Å². The molecule has 17 heteroatoms. The van der Waals surface area contributed by atoms with Crippen LogP contribution in [0.1, 0.15) is 15.9 Å². The highest BCUT2D eigenvalue weighted by atomic mass is 32.2. The molecule has 1 aliphatic rings.